The number of anilines is 1. The van der Waals surface area contributed by atoms with Crippen molar-refractivity contribution in [3.63, 3.8) is 0 Å². The van der Waals surface area contributed by atoms with E-state index >= 15 is 0 Å². The van der Waals surface area contributed by atoms with E-state index in [9.17, 15) is 4.79 Å². The first-order valence-electron chi connectivity index (χ1n) is 6.97. The molecule has 0 aromatic heterocycles. The summed E-state index contributed by atoms with van der Waals surface area (Å²) in [7, 11) is 0. The Labute approximate surface area is 133 Å². The van der Waals surface area contributed by atoms with E-state index in [1.807, 2.05) is 12.1 Å². The summed E-state index contributed by atoms with van der Waals surface area (Å²) in [6.07, 6.45) is 2.05. The van der Waals surface area contributed by atoms with Crippen LogP contribution in [-0.2, 0) is 4.79 Å². The van der Waals surface area contributed by atoms with E-state index in [-0.39, 0.29) is 27.0 Å². The Morgan fingerprint density at radius 1 is 1.25 bits per heavy atom. The molecule has 0 heterocycles. The van der Waals surface area contributed by atoms with Gasteiger partial charge in [0.05, 0.1) is 5.41 Å². The van der Waals surface area contributed by atoms with Crippen molar-refractivity contribution in [1.29, 1.82) is 0 Å². The molecule has 3 atom stereocenters. The average Bonchev–Trinajstić information content (AvgIpc) is 2.80. The number of fused-ring (bicyclic) bond motifs is 1. The number of nitrogens with one attached hydrogen (secondary N) is 1. The second kappa shape index (κ2) is 4.23. The minimum Gasteiger partial charge on any atom is -0.326 e. The minimum atomic E-state index is -0.304. The van der Waals surface area contributed by atoms with Gasteiger partial charge in [0.2, 0.25) is 5.91 Å². The molecule has 0 saturated heterocycles. The highest BCUT2D eigenvalue weighted by molar-refractivity contribution is 9.09. The van der Waals surface area contributed by atoms with Gasteiger partial charge in [-0.15, -0.1) is 0 Å². The largest absolute Gasteiger partial charge is 0.326 e. The van der Waals surface area contributed by atoms with Crippen LogP contribution in [0.5, 0.6) is 0 Å². The third kappa shape index (κ3) is 1.48. The number of carbonyl (C=O) groups is 1. The lowest BCUT2D eigenvalue weighted by atomic mass is 9.43. The molecule has 1 aromatic carbocycles. The van der Waals surface area contributed by atoms with Gasteiger partial charge in [-0.2, -0.15) is 0 Å². The Morgan fingerprint density at radius 2 is 1.85 bits per heavy atom. The predicted octanol–water partition coefficient (Wildman–Crippen LogP) is 4.87. The van der Waals surface area contributed by atoms with Crippen molar-refractivity contribution in [3.8, 4) is 0 Å². The molecule has 3 aliphatic carbocycles. The van der Waals surface area contributed by atoms with E-state index in [1.165, 1.54) is 0 Å². The first-order chi connectivity index (χ1) is 9.25. The number of hydrogen-bond acceptors (Lipinski definition) is 1. The number of rotatable bonds is 2. The Bertz CT molecular complexity index is 570. The van der Waals surface area contributed by atoms with Gasteiger partial charge in [-0.3, -0.25) is 4.79 Å². The molecule has 4 heteroatoms. The van der Waals surface area contributed by atoms with Crippen LogP contribution in [0.4, 0.5) is 5.69 Å². The third-order valence-electron chi connectivity index (χ3n) is 6.08. The number of alkyl halides is 1. The fourth-order valence-corrected chi connectivity index (χ4v) is 6.17. The van der Waals surface area contributed by atoms with E-state index in [0.29, 0.717) is 5.02 Å². The number of hydrogen-bond donors (Lipinski definition) is 1. The molecule has 1 aromatic rings. The van der Waals surface area contributed by atoms with E-state index in [2.05, 4.69) is 42.0 Å². The van der Waals surface area contributed by atoms with Gasteiger partial charge in [-0.25, -0.2) is 0 Å². The Balaban J connectivity index is 1.86. The average molecular weight is 357 g/mol. The Hall–Kier alpha value is -0.540. The van der Waals surface area contributed by atoms with Crippen molar-refractivity contribution in [2.24, 2.45) is 16.2 Å². The van der Waals surface area contributed by atoms with Crippen molar-refractivity contribution in [3.05, 3.63) is 29.3 Å². The smallest absolute Gasteiger partial charge is 0.232 e. The molecule has 0 aliphatic heterocycles. The molecule has 4 rings (SSSR count). The maximum atomic E-state index is 12.9. The van der Waals surface area contributed by atoms with E-state index in [4.69, 9.17) is 11.6 Å². The normalized spacial score (nSPS) is 37.4. The summed E-state index contributed by atoms with van der Waals surface area (Å²) in [6.45, 7) is 6.73. The zero-order valence-electron chi connectivity index (χ0n) is 12.0. The van der Waals surface area contributed by atoms with Gasteiger partial charge in [0.25, 0.3) is 0 Å². The molecule has 1 N–H and O–H groups in total. The van der Waals surface area contributed by atoms with Gasteiger partial charge in [0.15, 0.2) is 0 Å². The summed E-state index contributed by atoms with van der Waals surface area (Å²) < 4.78 is 0. The van der Waals surface area contributed by atoms with E-state index < -0.39 is 0 Å². The second-order valence-corrected chi connectivity index (χ2v) is 8.19. The highest BCUT2D eigenvalue weighted by Gasteiger charge is 2.80. The first-order valence-corrected chi connectivity index (χ1v) is 8.26. The summed E-state index contributed by atoms with van der Waals surface area (Å²) >= 11 is 9.66. The number of benzene rings is 1. The Morgan fingerprint density at radius 3 is 2.30 bits per heavy atom. The topological polar surface area (TPSA) is 29.1 Å². The van der Waals surface area contributed by atoms with Crippen LogP contribution in [-0.4, -0.2) is 10.7 Å². The maximum Gasteiger partial charge on any atom is 0.232 e. The van der Waals surface area contributed by atoms with Crippen LogP contribution in [0.1, 0.15) is 33.6 Å². The third-order valence-corrected chi connectivity index (χ3v) is 8.13. The van der Waals surface area contributed by atoms with Crippen molar-refractivity contribution in [2.75, 3.05) is 5.32 Å². The van der Waals surface area contributed by atoms with Crippen LogP contribution in [0.25, 0.3) is 0 Å². The molecule has 20 heavy (non-hydrogen) atoms. The van der Waals surface area contributed by atoms with Crippen LogP contribution in [0.2, 0.25) is 5.02 Å². The van der Waals surface area contributed by atoms with Crippen LogP contribution in [0.15, 0.2) is 24.3 Å². The van der Waals surface area contributed by atoms with Gasteiger partial charge in [-0.1, -0.05) is 48.3 Å². The number of carbonyl (C=O) groups excluding carboxylic acids is 1. The lowest BCUT2D eigenvalue weighted by Gasteiger charge is -2.64. The molecule has 3 aliphatic rings. The summed E-state index contributed by atoms with van der Waals surface area (Å²) in [5, 5.41) is 3.74. The highest BCUT2D eigenvalue weighted by atomic mass is 79.9. The van der Waals surface area contributed by atoms with E-state index in [1.54, 1.807) is 12.1 Å². The highest BCUT2D eigenvalue weighted by Crippen LogP contribution is 2.79. The summed E-state index contributed by atoms with van der Waals surface area (Å²) in [5.41, 5.74) is 0.737. The van der Waals surface area contributed by atoms with Crippen molar-refractivity contribution in [2.45, 2.75) is 38.4 Å². The molecule has 2 bridgehead atoms. The molecule has 1 amide bonds. The molecule has 108 valence electrons. The van der Waals surface area contributed by atoms with E-state index in [0.717, 1.165) is 18.5 Å². The monoisotopic (exact) mass is 355 g/mol. The summed E-state index contributed by atoms with van der Waals surface area (Å²) in [5.74, 6) is 0.127. The van der Waals surface area contributed by atoms with Gasteiger partial charge >= 0.3 is 0 Å². The van der Waals surface area contributed by atoms with Gasteiger partial charge in [0, 0.05) is 15.5 Å². The molecule has 0 radical (unpaired) electrons. The Kier molecular flexibility index (Phi) is 3.05. The molecular weight excluding hydrogens is 338 g/mol. The van der Waals surface area contributed by atoms with Gasteiger partial charge in [0.1, 0.15) is 0 Å². The lowest BCUT2D eigenvalue weighted by molar-refractivity contribution is -0.155. The zero-order valence-corrected chi connectivity index (χ0v) is 14.3. The molecule has 3 saturated carbocycles. The molecule has 2 nitrogen and oxygen atoms in total. The number of halogens is 2. The predicted molar refractivity (Wildman–Crippen MR) is 86.4 cm³/mol. The number of amides is 1. The summed E-state index contributed by atoms with van der Waals surface area (Å²) in [6, 6.07) is 7.29. The van der Waals surface area contributed by atoms with Crippen LogP contribution >= 0.6 is 27.5 Å². The fourth-order valence-electron chi connectivity index (χ4n) is 4.23. The van der Waals surface area contributed by atoms with Crippen molar-refractivity contribution < 1.29 is 4.79 Å². The SMILES string of the molecule is CC1(C)[C@]2(C(=O)Nc3ccc(Cl)cc3)CC[C@]1(C)[C@H]2Br. The van der Waals surface area contributed by atoms with Gasteiger partial charge in [-0.05, 0) is 47.9 Å². The molecule has 0 spiro atoms. The standard InChI is InChI=1S/C16H19BrClNO/c1-14(2)15(3)8-9-16(14,12(15)17)13(20)19-11-6-4-10(18)5-7-11/h4-7,12H,8-9H2,1-3H3,(H,19,20)/t12-,15-,16-/m1/s1. The summed E-state index contributed by atoms with van der Waals surface area (Å²) in [4.78, 5) is 13.1. The molecular formula is C16H19BrClNO. The fraction of sp³-hybridized carbons (Fsp3) is 0.562. The van der Waals surface area contributed by atoms with Crippen LogP contribution in [0, 0.1) is 16.2 Å². The molecule has 0 unspecified atom stereocenters. The van der Waals surface area contributed by atoms with Gasteiger partial charge < -0.3 is 5.32 Å². The maximum absolute atomic E-state index is 12.9. The first kappa shape index (κ1) is 14.4. The quantitative estimate of drug-likeness (QED) is 0.753. The second-order valence-electron chi connectivity index (χ2n) is 6.84. The van der Waals surface area contributed by atoms with Crippen molar-refractivity contribution >= 4 is 39.1 Å². The van der Waals surface area contributed by atoms with Crippen LogP contribution < -0.4 is 5.32 Å². The van der Waals surface area contributed by atoms with Crippen LogP contribution in [0.3, 0.4) is 0 Å². The molecule has 3 fully saturated rings. The lowest BCUT2D eigenvalue weighted by Crippen LogP contribution is -2.68. The zero-order chi connectivity index (χ0) is 14.8. The van der Waals surface area contributed by atoms with Crippen molar-refractivity contribution in [1.82, 2.24) is 0 Å². The minimum absolute atomic E-state index is 0.0185.